The summed E-state index contributed by atoms with van der Waals surface area (Å²) in [6.45, 7) is 0.301. The molecule has 1 aromatic heterocycles. The zero-order chi connectivity index (χ0) is 8.10. The Morgan fingerprint density at radius 3 is 3.09 bits per heavy atom. The molecule has 0 radical (unpaired) electrons. The van der Waals surface area contributed by atoms with Gasteiger partial charge in [-0.25, -0.2) is 0 Å². The molecular weight excluding hydrogens is 185 g/mol. The van der Waals surface area contributed by atoms with E-state index in [4.69, 9.17) is 12.2 Å². The summed E-state index contributed by atoms with van der Waals surface area (Å²) in [5.41, 5.74) is 0. The molecule has 0 amide bonds. The second-order valence-electron chi connectivity index (χ2n) is 1.89. The van der Waals surface area contributed by atoms with Crippen molar-refractivity contribution < 1.29 is 4.39 Å². The van der Waals surface area contributed by atoms with Gasteiger partial charge in [-0.2, -0.15) is 0 Å². The highest BCUT2D eigenvalue weighted by Gasteiger charge is 1.93. The molecule has 0 atom stereocenters. The van der Waals surface area contributed by atoms with Crippen LogP contribution in [0.5, 0.6) is 0 Å². The number of rotatable bonds is 4. The van der Waals surface area contributed by atoms with Crippen LogP contribution in [-0.2, 0) is 0 Å². The number of H-pyrrole nitrogens is 1. The van der Waals surface area contributed by atoms with Crippen LogP contribution < -0.4 is 5.32 Å². The van der Waals surface area contributed by atoms with Crippen molar-refractivity contribution in [3.63, 3.8) is 0 Å². The zero-order valence-corrected chi connectivity index (χ0v) is 7.40. The molecule has 0 aliphatic rings. The molecule has 0 spiro atoms. The first-order chi connectivity index (χ1) is 5.33. The fourth-order valence-electron chi connectivity index (χ4n) is 0.568. The minimum absolute atomic E-state index is 0.303. The predicted octanol–water partition coefficient (Wildman–Crippen LogP) is 1.97. The molecule has 2 N–H and O–H groups in total. The molecule has 0 unspecified atom stereocenters. The molecule has 0 fully saturated rings. The summed E-state index contributed by atoms with van der Waals surface area (Å²) in [5, 5.41) is 10.1. The Hall–Kier alpha value is -0.490. The molecule has 1 aromatic rings. The Bertz CT molecular complexity index is 256. The second-order valence-corrected chi connectivity index (χ2v) is 3.55. The van der Waals surface area contributed by atoms with Crippen LogP contribution >= 0.6 is 23.6 Å². The number of aromatic amines is 1. The SMILES string of the molecule is FCCCNc1n[nH]c(=S)s1. The van der Waals surface area contributed by atoms with Crippen LogP contribution in [0.2, 0.25) is 0 Å². The fraction of sp³-hybridized carbons (Fsp3) is 0.600. The summed E-state index contributed by atoms with van der Waals surface area (Å²) in [6, 6.07) is 0. The van der Waals surface area contributed by atoms with E-state index in [1.54, 1.807) is 0 Å². The predicted molar refractivity (Wildman–Crippen MR) is 46.4 cm³/mol. The van der Waals surface area contributed by atoms with Crippen molar-refractivity contribution in [3.05, 3.63) is 3.95 Å². The molecule has 0 aliphatic heterocycles. The molecule has 1 rings (SSSR count). The smallest absolute Gasteiger partial charge is 0.204 e. The van der Waals surface area contributed by atoms with Crippen molar-refractivity contribution in [2.45, 2.75) is 6.42 Å². The minimum atomic E-state index is -0.303. The second kappa shape index (κ2) is 4.40. The van der Waals surface area contributed by atoms with Gasteiger partial charge >= 0.3 is 0 Å². The van der Waals surface area contributed by atoms with E-state index in [-0.39, 0.29) is 6.67 Å². The lowest BCUT2D eigenvalue weighted by Gasteiger charge is -1.96. The van der Waals surface area contributed by atoms with Crippen LogP contribution in [0.25, 0.3) is 0 Å². The monoisotopic (exact) mass is 193 g/mol. The lowest BCUT2D eigenvalue weighted by Crippen LogP contribution is -2.01. The summed E-state index contributed by atoms with van der Waals surface area (Å²) in [6.07, 6.45) is 0.506. The Labute approximate surface area is 72.6 Å². The van der Waals surface area contributed by atoms with Crippen LogP contribution in [0, 0.1) is 3.95 Å². The van der Waals surface area contributed by atoms with Crippen molar-refractivity contribution >= 4 is 28.7 Å². The lowest BCUT2D eigenvalue weighted by molar-refractivity contribution is 0.481. The largest absolute Gasteiger partial charge is 0.360 e. The molecule has 11 heavy (non-hydrogen) atoms. The zero-order valence-electron chi connectivity index (χ0n) is 5.76. The van der Waals surface area contributed by atoms with E-state index in [2.05, 4.69) is 15.5 Å². The normalized spacial score (nSPS) is 9.91. The van der Waals surface area contributed by atoms with E-state index >= 15 is 0 Å². The van der Waals surface area contributed by atoms with Gasteiger partial charge in [-0.05, 0) is 18.6 Å². The van der Waals surface area contributed by atoms with Gasteiger partial charge in [0, 0.05) is 6.54 Å². The topological polar surface area (TPSA) is 40.7 Å². The quantitative estimate of drug-likeness (QED) is 0.567. The summed E-state index contributed by atoms with van der Waals surface area (Å²) in [5.74, 6) is 0. The van der Waals surface area contributed by atoms with Gasteiger partial charge in [-0.15, -0.1) is 5.10 Å². The highest BCUT2D eigenvalue weighted by Crippen LogP contribution is 2.09. The highest BCUT2D eigenvalue weighted by molar-refractivity contribution is 7.73. The van der Waals surface area contributed by atoms with Crippen LogP contribution in [0.3, 0.4) is 0 Å². The first-order valence-corrected chi connectivity index (χ1v) is 4.41. The average Bonchev–Trinajstić information content (AvgIpc) is 2.37. The van der Waals surface area contributed by atoms with E-state index < -0.39 is 0 Å². The van der Waals surface area contributed by atoms with Gasteiger partial charge in [-0.3, -0.25) is 9.49 Å². The van der Waals surface area contributed by atoms with Crippen molar-refractivity contribution in [2.24, 2.45) is 0 Å². The van der Waals surface area contributed by atoms with Crippen LogP contribution in [0.1, 0.15) is 6.42 Å². The maximum atomic E-state index is 11.6. The van der Waals surface area contributed by atoms with Crippen LogP contribution in [-0.4, -0.2) is 23.4 Å². The number of halogens is 1. The fourth-order valence-corrected chi connectivity index (χ4v) is 1.38. The molecule has 0 aliphatic carbocycles. The molecule has 0 saturated carbocycles. The standard InChI is InChI=1S/C5H8FN3S2/c6-2-1-3-7-4-8-9-5(10)11-4/h1-3H2,(H,7,8)(H,9,10). The molecule has 62 valence electrons. The Morgan fingerprint density at radius 2 is 2.55 bits per heavy atom. The van der Waals surface area contributed by atoms with E-state index in [9.17, 15) is 4.39 Å². The first kappa shape index (κ1) is 8.61. The third-order valence-electron chi connectivity index (χ3n) is 1.02. The van der Waals surface area contributed by atoms with Gasteiger partial charge in [0.1, 0.15) is 0 Å². The number of alkyl halides is 1. The Morgan fingerprint density at radius 1 is 1.73 bits per heavy atom. The number of hydrogen-bond donors (Lipinski definition) is 2. The number of aromatic nitrogens is 2. The summed E-state index contributed by atoms with van der Waals surface area (Å²) < 4.78 is 12.2. The van der Waals surface area contributed by atoms with Gasteiger partial charge in [0.2, 0.25) is 5.13 Å². The van der Waals surface area contributed by atoms with Gasteiger partial charge in [-0.1, -0.05) is 11.3 Å². The Kier molecular flexibility index (Phi) is 3.44. The average molecular weight is 193 g/mol. The highest BCUT2D eigenvalue weighted by atomic mass is 32.1. The van der Waals surface area contributed by atoms with Crippen molar-refractivity contribution in [1.29, 1.82) is 0 Å². The Balaban J connectivity index is 2.33. The summed E-state index contributed by atoms with van der Waals surface area (Å²) >= 11 is 6.15. The molecule has 0 aromatic carbocycles. The third kappa shape index (κ3) is 2.94. The van der Waals surface area contributed by atoms with Gasteiger partial charge in [0.05, 0.1) is 6.67 Å². The summed E-state index contributed by atoms with van der Waals surface area (Å²) in [7, 11) is 0. The number of hydrogen-bond acceptors (Lipinski definition) is 4. The molecular formula is C5H8FN3S2. The van der Waals surface area contributed by atoms with Crippen molar-refractivity contribution in [3.8, 4) is 0 Å². The van der Waals surface area contributed by atoms with Crippen molar-refractivity contribution in [1.82, 2.24) is 10.2 Å². The van der Waals surface area contributed by atoms with Gasteiger partial charge in [0.15, 0.2) is 3.95 Å². The number of anilines is 1. The minimum Gasteiger partial charge on any atom is -0.360 e. The van der Waals surface area contributed by atoms with E-state index in [0.29, 0.717) is 16.9 Å². The van der Waals surface area contributed by atoms with Crippen LogP contribution in [0.15, 0.2) is 0 Å². The molecule has 0 saturated heterocycles. The number of nitrogens with zero attached hydrogens (tertiary/aromatic N) is 1. The molecule has 3 nitrogen and oxygen atoms in total. The van der Waals surface area contributed by atoms with Gasteiger partial charge in [0.25, 0.3) is 0 Å². The molecule has 0 bridgehead atoms. The summed E-state index contributed by atoms with van der Waals surface area (Å²) in [4.78, 5) is 0. The lowest BCUT2D eigenvalue weighted by atomic mass is 10.5. The third-order valence-corrected chi connectivity index (χ3v) is 2.07. The van der Waals surface area contributed by atoms with E-state index in [1.807, 2.05) is 0 Å². The van der Waals surface area contributed by atoms with Crippen LogP contribution in [0.4, 0.5) is 9.52 Å². The number of nitrogens with one attached hydrogen (secondary N) is 2. The van der Waals surface area contributed by atoms with Crippen molar-refractivity contribution in [2.75, 3.05) is 18.5 Å². The maximum absolute atomic E-state index is 11.6. The van der Waals surface area contributed by atoms with E-state index in [0.717, 1.165) is 5.13 Å². The van der Waals surface area contributed by atoms with Gasteiger partial charge < -0.3 is 5.32 Å². The van der Waals surface area contributed by atoms with E-state index in [1.165, 1.54) is 11.3 Å². The molecule has 1 heterocycles. The first-order valence-electron chi connectivity index (χ1n) is 3.18. The maximum Gasteiger partial charge on any atom is 0.204 e. The molecule has 6 heteroatoms.